The number of aliphatic hydroxyl groups is 1. The molecule has 1 aromatic heterocycles. The highest BCUT2D eigenvalue weighted by molar-refractivity contribution is 7.17. The third-order valence-corrected chi connectivity index (χ3v) is 4.94. The first-order valence-corrected chi connectivity index (χ1v) is 8.19. The van der Waals surface area contributed by atoms with Gasteiger partial charge in [0, 0.05) is 13.0 Å². The van der Waals surface area contributed by atoms with Crippen molar-refractivity contribution in [2.45, 2.75) is 32.4 Å². The minimum atomic E-state index is -0.581. The SMILES string of the molecule is CCNc1nc(C)c(C(=O)N[C@H]2c3ccccc3C[C@H]2O)s1. The maximum atomic E-state index is 12.5. The van der Waals surface area contributed by atoms with Gasteiger partial charge in [-0.05, 0) is 25.0 Å². The van der Waals surface area contributed by atoms with E-state index in [1.165, 1.54) is 11.3 Å². The van der Waals surface area contributed by atoms with Crippen molar-refractivity contribution in [3.63, 3.8) is 0 Å². The highest BCUT2D eigenvalue weighted by Gasteiger charge is 2.32. The average Bonchev–Trinajstić information content (AvgIpc) is 3.00. The summed E-state index contributed by atoms with van der Waals surface area (Å²) in [6, 6.07) is 7.47. The highest BCUT2D eigenvalue weighted by Crippen LogP contribution is 2.32. The molecule has 1 heterocycles. The molecule has 0 bridgehead atoms. The fourth-order valence-electron chi connectivity index (χ4n) is 2.79. The largest absolute Gasteiger partial charge is 0.390 e. The van der Waals surface area contributed by atoms with Crippen molar-refractivity contribution in [3.05, 3.63) is 46.0 Å². The van der Waals surface area contributed by atoms with Gasteiger partial charge < -0.3 is 15.7 Å². The molecule has 1 aliphatic rings. The van der Waals surface area contributed by atoms with Crippen molar-refractivity contribution in [1.29, 1.82) is 0 Å². The van der Waals surface area contributed by atoms with E-state index in [1.54, 1.807) is 0 Å². The summed E-state index contributed by atoms with van der Waals surface area (Å²) in [7, 11) is 0. The van der Waals surface area contributed by atoms with Crippen LogP contribution in [0.2, 0.25) is 0 Å². The van der Waals surface area contributed by atoms with Crippen LogP contribution in [0.1, 0.15) is 39.5 Å². The first kappa shape index (κ1) is 15.0. The van der Waals surface area contributed by atoms with Gasteiger partial charge in [0.15, 0.2) is 5.13 Å². The Kier molecular flexibility index (Phi) is 4.13. The van der Waals surface area contributed by atoms with E-state index in [1.807, 2.05) is 38.1 Å². The third kappa shape index (κ3) is 2.71. The van der Waals surface area contributed by atoms with E-state index in [0.717, 1.165) is 22.8 Å². The molecule has 2 atom stereocenters. The quantitative estimate of drug-likeness (QED) is 0.809. The Balaban J connectivity index is 1.80. The number of aliphatic hydroxyl groups excluding tert-OH is 1. The molecular formula is C16H19N3O2S. The van der Waals surface area contributed by atoms with Gasteiger partial charge in [-0.25, -0.2) is 4.98 Å². The number of aryl methyl sites for hydroxylation is 1. The third-order valence-electron chi connectivity index (χ3n) is 3.82. The molecule has 1 aromatic carbocycles. The molecule has 1 amide bonds. The molecule has 0 spiro atoms. The van der Waals surface area contributed by atoms with Crippen LogP contribution in [0.3, 0.4) is 0 Å². The van der Waals surface area contributed by atoms with Crippen molar-refractivity contribution >= 4 is 22.4 Å². The monoisotopic (exact) mass is 317 g/mol. The predicted octanol–water partition coefficient (Wildman–Crippen LogP) is 2.27. The molecule has 0 saturated heterocycles. The smallest absolute Gasteiger partial charge is 0.263 e. The van der Waals surface area contributed by atoms with Crippen LogP contribution < -0.4 is 10.6 Å². The Bertz CT molecular complexity index is 698. The van der Waals surface area contributed by atoms with Gasteiger partial charge in [0.1, 0.15) is 4.88 Å². The van der Waals surface area contributed by atoms with Gasteiger partial charge in [-0.2, -0.15) is 0 Å². The Hall–Kier alpha value is -1.92. The van der Waals surface area contributed by atoms with Crippen molar-refractivity contribution < 1.29 is 9.90 Å². The van der Waals surface area contributed by atoms with Crippen LogP contribution in [-0.4, -0.2) is 28.6 Å². The predicted molar refractivity (Wildman–Crippen MR) is 87.4 cm³/mol. The summed E-state index contributed by atoms with van der Waals surface area (Å²) >= 11 is 1.34. The molecule has 22 heavy (non-hydrogen) atoms. The summed E-state index contributed by atoms with van der Waals surface area (Å²) in [6.45, 7) is 4.58. The Morgan fingerprint density at radius 2 is 2.23 bits per heavy atom. The normalized spacial score (nSPS) is 19.8. The lowest BCUT2D eigenvalue weighted by molar-refractivity contribution is 0.0861. The zero-order valence-electron chi connectivity index (χ0n) is 12.6. The van der Waals surface area contributed by atoms with E-state index in [2.05, 4.69) is 15.6 Å². The van der Waals surface area contributed by atoms with Gasteiger partial charge >= 0.3 is 0 Å². The van der Waals surface area contributed by atoms with Gasteiger partial charge in [-0.1, -0.05) is 35.6 Å². The lowest BCUT2D eigenvalue weighted by atomic mass is 10.1. The minimum Gasteiger partial charge on any atom is -0.390 e. The van der Waals surface area contributed by atoms with Crippen LogP contribution in [0.25, 0.3) is 0 Å². The van der Waals surface area contributed by atoms with Gasteiger partial charge in [-0.15, -0.1) is 0 Å². The number of benzene rings is 1. The van der Waals surface area contributed by atoms with E-state index >= 15 is 0 Å². The van der Waals surface area contributed by atoms with Crippen LogP contribution in [0.4, 0.5) is 5.13 Å². The molecular weight excluding hydrogens is 298 g/mol. The Morgan fingerprint density at radius 1 is 1.45 bits per heavy atom. The van der Waals surface area contributed by atoms with Crippen LogP contribution >= 0.6 is 11.3 Å². The number of hydrogen-bond donors (Lipinski definition) is 3. The molecule has 0 radical (unpaired) electrons. The molecule has 116 valence electrons. The fraction of sp³-hybridized carbons (Fsp3) is 0.375. The number of aromatic nitrogens is 1. The second-order valence-electron chi connectivity index (χ2n) is 5.39. The fourth-order valence-corrected chi connectivity index (χ4v) is 3.73. The van der Waals surface area contributed by atoms with Crippen molar-refractivity contribution in [3.8, 4) is 0 Å². The maximum absolute atomic E-state index is 12.5. The molecule has 5 nitrogen and oxygen atoms in total. The van der Waals surface area contributed by atoms with E-state index in [0.29, 0.717) is 17.0 Å². The molecule has 3 rings (SSSR count). The Labute approximate surface area is 133 Å². The number of hydrogen-bond acceptors (Lipinski definition) is 5. The van der Waals surface area contributed by atoms with Gasteiger partial charge in [-0.3, -0.25) is 4.79 Å². The second-order valence-corrected chi connectivity index (χ2v) is 6.38. The molecule has 0 fully saturated rings. The number of carbonyl (C=O) groups excluding carboxylic acids is 1. The second kappa shape index (κ2) is 6.06. The van der Waals surface area contributed by atoms with Crippen LogP contribution in [0, 0.1) is 6.92 Å². The summed E-state index contributed by atoms with van der Waals surface area (Å²) < 4.78 is 0. The number of nitrogens with one attached hydrogen (secondary N) is 2. The van der Waals surface area contributed by atoms with Crippen LogP contribution in [0.5, 0.6) is 0 Å². The molecule has 0 aliphatic heterocycles. The zero-order chi connectivity index (χ0) is 15.7. The molecule has 6 heteroatoms. The zero-order valence-corrected chi connectivity index (χ0v) is 13.4. The number of rotatable bonds is 4. The average molecular weight is 317 g/mol. The summed E-state index contributed by atoms with van der Waals surface area (Å²) in [4.78, 5) is 17.4. The summed E-state index contributed by atoms with van der Waals surface area (Å²) in [5.41, 5.74) is 2.80. The van der Waals surface area contributed by atoms with Gasteiger partial charge in [0.25, 0.3) is 5.91 Å². The number of anilines is 1. The lowest BCUT2D eigenvalue weighted by Crippen LogP contribution is -2.33. The van der Waals surface area contributed by atoms with E-state index in [9.17, 15) is 9.90 Å². The topological polar surface area (TPSA) is 74.2 Å². The molecule has 2 aromatic rings. The minimum absolute atomic E-state index is 0.181. The van der Waals surface area contributed by atoms with Crippen LogP contribution in [-0.2, 0) is 6.42 Å². The molecule has 3 N–H and O–H groups in total. The first-order chi connectivity index (χ1) is 10.6. The highest BCUT2D eigenvalue weighted by atomic mass is 32.1. The number of amides is 1. The number of fused-ring (bicyclic) bond motifs is 1. The molecule has 0 saturated carbocycles. The molecule has 0 unspecified atom stereocenters. The van der Waals surface area contributed by atoms with Crippen LogP contribution in [0.15, 0.2) is 24.3 Å². The summed E-state index contributed by atoms with van der Waals surface area (Å²) in [6.07, 6.45) is -0.00589. The van der Waals surface area contributed by atoms with Gasteiger partial charge in [0.05, 0.1) is 17.8 Å². The number of carbonyl (C=O) groups is 1. The van der Waals surface area contributed by atoms with E-state index in [4.69, 9.17) is 0 Å². The van der Waals surface area contributed by atoms with Crippen molar-refractivity contribution in [2.24, 2.45) is 0 Å². The lowest BCUT2D eigenvalue weighted by Gasteiger charge is -2.17. The number of nitrogens with zero attached hydrogens (tertiary/aromatic N) is 1. The van der Waals surface area contributed by atoms with Crippen molar-refractivity contribution in [1.82, 2.24) is 10.3 Å². The van der Waals surface area contributed by atoms with Crippen molar-refractivity contribution in [2.75, 3.05) is 11.9 Å². The summed E-state index contributed by atoms with van der Waals surface area (Å²) in [5.74, 6) is -0.181. The number of thiazole rings is 1. The van der Waals surface area contributed by atoms with E-state index < -0.39 is 6.10 Å². The van der Waals surface area contributed by atoms with Gasteiger partial charge in [0.2, 0.25) is 0 Å². The summed E-state index contributed by atoms with van der Waals surface area (Å²) in [5, 5.41) is 17.0. The standard InChI is InChI=1S/C16H19N3O2S/c1-3-17-16-18-9(2)14(22-16)15(21)19-13-11-7-5-4-6-10(11)8-12(13)20/h4-7,12-13,20H,3,8H2,1-2H3,(H,17,18)(H,19,21)/t12-,13+/m1/s1. The van der Waals surface area contributed by atoms with E-state index in [-0.39, 0.29) is 11.9 Å². The molecule has 1 aliphatic carbocycles. The Morgan fingerprint density at radius 3 is 3.00 bits per heavy atom. The maximum Gasteiger partial charge on any atom is 0.263 e. The first-order valence-electron chi connectivity index (χ1n) is 7.38.